The fourth-order valence-electron chi connectivity index (χ4n) is 1.22. The molecule has 18 heavy (non-hydrogen) atoms. The molecule has 1 atom stereocenters. The van der Waals surface area contributed by atoms with E-state index < -0.39 is 31.3 Å². The molecule has 6 nitrogen and oxygen atoms in total. The predicted molar refractivity (Wildman–Crippen MR) is 63.1 cm³/mol. The summed E-state index contributed by atoms with van der Waals surface area (Å²) in [4.78, 5) is 9.05. The fraction of sp³-hybridized carbons (Fsp3) is 0.400. The Morgan fingerprint density at radius 1 is 1.50 bits per heavy atom. The van der Waals surface area contributed by atoms with Gasteiger partial charge < -0.3 is 0 Å². The third kappa shape index (κ3) is 3.23. The van der Waals surface area contributed by atoms with Crippen LogP contribution in [0, 0.1) is 15.9 Å². The molecule has 1 aromatic rings. The van der Waals surface area contributed by atoms with E-state index in [4.69, 9.17) is 0 Å². The smallest absolute Gasteiger partial charge is 0.258 e. The number of non-ortho nitro benzene ring substituents is 1. The van der Waals surface area contributed by atoms with Crippen LogP contribution < -0.4 is 4.72 Å². The molecule has 8 heteroatoms. The van der Waals surface area contributed by atoms with Gasteiger partial charge in [-0.25, -0.2) is 17.5 Å². The van der Waals surface area contributed by atoms with Gasteiger partial charge in [-0.3, -0.25) is 10.1 Å². The molecule has 0 spiro atoms. The number of nitrogens with one attached hydrogen (secondary N) is 1. The molecule has 100 valence electrons. The first-order valence-electron chi connectivity index (χ1n) is 5.24. The lowest BCUT2D eigenvalue weighted by Gasteiger charge is -2.12. The number of benzene rings is 1. The second-order valence-electron chi connectivity index (χ2n) is 3.80. The average molecular weight is 276 g/mol. The second kappa shape index (κ2) is 5.40. The maximum absolute atomic E-state index is 13.4. The molecule has 0 saturated carbocycles. The maximum atomic E-state index is 13.4. The first-order chi connectivity index (χ1) is 8.27. The normalized spacial score (nSPS) is 13.3. The number of rotatable bonds is 5. The van der Waals surface area contributed by atoms with Crippen molar-refractivity contribution in [3.63, 3.8) is 0 Å². The Hall–Kier alpha value is -1.54. The number of sulfonamides is 1. The van der Waals surface area contributed by atoms with Gasteiger partial charge in [0.25, 0.3) is 5.69 Å². The molecule has 0 fully saturated rings. The molecule has 0 aromatic heterocycles. The van der Waals surface area contributed by atoms with E-state index in [0.29, 0.717) is 12.5 Å². The maximum Gasteiger partial charge on any atom is 0.270 e. The largest absolute Gasteiger partial charge is 0.270 e. The van der Waals surface area contributed by atoms with Gasteiger partial charge in [-0.15, -0.1) is 0 Å². The molecule has 0 bridgehead atoms. The van der Waals surface area contributed by atoms with Crippen LogP contribution in [0.1, 0.15) is 20.3 Å². The molecular weight excluding hydrogens is 263 g/mol. The van der Waals surface area contributed by atoms with Crippen molar-refractivity contribution in [2.45, 2.75) is 31.2 Å². The Labute approximate surface area is 104 Å². The summed E-state index contributed by atoms with van der Waals surface area (Å²) < 4.78 is 39.3. The van der Waals surface area contributed by atoms with Crippen LogP contribution in [-0.2, 0) is 10.0 Å². The van der Waals surface area contributed by atoms with E-state index in [1.807, 2.05) is 0 Å². The zero-order chi connectivity index (χ0) is 13.9. The molecule has 1 N–H and O–H groups in total. The average Bonchev–Trinajstić information content (AvgIpc) is 2.28. The Balaban J connectivity index is 3.23. The highest BCUT2D eigenvalue weighted by Gasteiger charge is 2.23. The molecule has 0 aliphatic rings. The first kappa shape index (κ1) is 14.5. The highest BCUT2D eigenvalue weighted by atomic mass is 32.2. The molecule has 1 rings (SSSR count). The van der Waals surface area contributed by atoms with Crippen molar-refractivity contribution in [2.75, 3.05) is 0 Å². The molecule has 1 unspecified atom stereocenters. The fourth-order valence-corrected chi connectivity index (χ4v) is 2.65. The van der Waals surface area contributed by atoms with Crippen LogP contribution in [0.5, 0.6) is 0 Å². The van der Waals surface area contributed by atoms with Gasteiger partial charge in [-0.2, -0.15) is 0 Å². The minimum atomic E-state index is -4.09. The molecule has 1 aromatic carbocycles. The van der Waals surface area contributed by atoms with Gasteiger partial charge in [0.05, 0.1) is 4.92 Å². The third-order valence-electron chi connectivity index (χ3n) is 2.38. The van der Waals surface area contributed by atoms with Gasteiger partial charge >= 0.3 is 0 Å². The monoisotopic (exact) mass is 276 g/mol. The lowest BCUT2D eigenvalue weighted by molar-refractivity contribution is -0.385. The second-order valence-corrected chi connectivity index (χ2v) is 5.48. The summed E-state index contributed by atoms with van der Waals surface area (Å²) in [5, 5.41) is 10.5. The third-order valence-corrected chi connectivity index (χ3v) is 3.99. The van der Waals surface area contributed by atoms with E-state index in [2.05, 4.69) is 4.72 Å². The number of nitro benzene ring substituents is 1. The van der Waals surface area contributed by atoms with E-state index in [1.54, 1.807) is 13.8 Å². The molecule has 0 heterocycles. The summed E-state index contributed by atoms with van der Waals surface area (Å²) in [6, 6.07) is 2.01. The summed E-state index contributed by atoms with van der Waals surface area (Å²) in [6.07, 6.45) is 0.524. The van der Waals surface area contributed by atoms with Crippen molar-refractivity contribution in [2.24, 2.45) is 0 Å². The van der Waals surface area contributed by atoms with Crippen LogP contribution in [0.4, 0.5) is 10.1 Å². The first-order valence-corrected chi connectivity index (χ1v) is 6.72. The van der Waals surface area contributed by atoms with Crippen molar-refractivity contribution < 1.29 is 17.7 Å². The van der Waals surface area contributed by atoms with Gasteiger partial charge in [-0.05, 0) is 19.4 Å². The van der Waals surface area contributed by atoms with Crippen LogP contribution in [0.15, 0.2) is 23.1 Å². The summed E-state index contributed by atoms with van der Waals surface area (Å²) >= 11 is 0. The Morgan fingerprint density at radius 2 is 2.11 bits per heavy atom. The van der Waals surface area contributed by atoms with E-state index in [1.165, 1.54) is 0 Å². The quantitative estimate of drug-likeness (QED) is 0.656. The van der Waals surface area contributed by atoms with Crippen molar-refractivity contribution in [3.05, 3.63) is 34.1 Å². The molecule has 0 radical (unpaired) electrons. The van der Waals surface area contributed by atoms with Gasteiger partial charge in [0.15, 0.2) is 0 Å². The highest BCUT2D eigenvalue weighted by Crippen LogP contribution is 2.21. The van der Waals surface area contributed by atoms with Crippen LogP contribution >= 0.6 is 0 Å². The summed E-state index contributed by atoms with van der Waals surface area (Å²) in [6.45, 7) is 3.38. The summed E-state index contributed by atoms with van der Waals surface area (Å²) in [5.41, 5.74) is -0.471. The van der Waals surface area contributed by atoms with Gasteiger partial charge in [0, 0.05) is 18.2 Å². The predicted octanol–water partition coefficient (Wildman–Crippen LogP) is 1.81. The standard InChI is InChI=1S/C10H13FN2O4S/c1-3-7(2)12-18(16,17)10-6-8(13(14)15)4-5-9(10)11/h4-7,12H,3H2,1-2H3. The number of hydrogen-bond acceptors (Lipinski definition) is 4. The SMILES string of the molecule is CCC(C)NS(=O)(=O)c1cc([N+](=O)[O-])ccc1F. The van der Waals surface area contributed by atoms with Crippen molar-refractivity contribution in [3.8, 4) is 0 Å². The zero-order valence-corrected chi connectivity index (χ0v) is 10.7. The topological polar surface area (TPSA) is 89.3 Å². The number of nitrogens with zero attached hydrogens (tertiary/aromatic N) is 1. The van der Waals surface area contributed by atoms with E-state index in [9.17, 15) is 22.9 Å². The Kier molecular flexibility index (Phi) is 4.36. The van der Waals surface area contributed by atoms with E-state index >= 15 is 0 Å². The van der Waals surface area contributed by atoms with Crippen LogP contribution in [0.3, 0.4) is 0 Å². The van der Waals surface area contributed by atoms with Crippen molar-refractivity contribution in [1.29, 1.82) is 0 Å². The minimum Gasteiger partial charge on any atom is -0.258 e. The van der Waals surface area contributed by atoms with Crippen LogP contribution in [-0.4, -0.2) is 19.4 Å². The zero-order valence-electron chi connectivity index (χ0n) is 9.88. The molecule has 0 saturated heterocycles. The van der Waals surface area contributed by atoms with E-state index in [-0.39, 0.29) is 6.04 Å². The van der Waals surface area contributed by atoms with Crippen LogP contribution in [0.25, 0.3) is 0 Å². The van der Waals surface area contributed by atoms with Gasteiger partial charge in [0.1, 0.15) is 10.7 Å². The highest BCUT2D eigenvalue weighted by molar-refractivity contribution is 7.89. The molecule has 0 aliphatic carbocycles. The van der Waals surface area contributed by atoms with Gasteiger partial charge in [-0.1, -0.05) is 6.92 Å². The summed E-state index contributed by atoms with van der Waals surface area (Å²) in [5.74, 6) is -1.02. The lowest BCUT2D eigenvalue weighted by atomic mass is 10.3. The number of nitro groups is 1. The molecule has 0 aliphatic heterocycles. The minimum absolute atomic E-state index is 0.381. The number of hydrogen-bond donors (Lipinski definition) is 1. The molecular formula is C10H13FN2O4S. The van der Waals surface area contributed by atoms with Crippen molar-refractivity contribution >= 4 is 15.7 Å². The van der Waals surface area contributed by atoms with E-state index in [0.717, 1.165) is 12.1 Å². The number of halogens is 1. The Bertz CT molecular complexity index is 559. The van der Waals surface area contributed by atoms with Crippen molar-refractivity contribution in [1.82, 2.24) is 4.72 Å². The summed E-state index contributed by atoms with van der Waals surface area (Å²) in [7, 11) is -4.09. The van der Waals surface area contributed by atoms with Gasteiger partial charge in [0.2, 0.25) is 10.0 Å². The van der Waals surface area contributed by atoms with Crippen LogP contribution in [0.2, 0.25) is 0 Å². The lowest BCUT2D eigenvalue weighted by Crippen LogP contribution is -2.32. The molecule has 0 amide bonds. The Morgan fingerprint density at radius 3 is 2.61 bits per heavy atom.